The van der Waals surface area contributed by atoms with Crippen LogP contribution in [0, 0.1) is 5.92 Å². The Kier molecular flexibility index (Phi) is 5.86. The minimum Gasteiger partial charge on any atom is -0.368 e. The third kappa shape index (κ3) is 4.73. The van der Waals surface area contributed by atoms with Crippen LogP contribution >= 0.6 is 0 Å². The highest BCUT2D eigenvalue weighted by atomic mass is 16.2. The van der Waals surface area contributed by atoms with Crippen molar-refractivity contribution in [1.29, 1.82) is 0 Å². The number of carbonyl (C=O) groups excluding carboxylic acids is 3. The average Bonchev–Trinajstić information content (AvgIpc) is 3.06. The van der Waals surface area contributed by atoms with E-state index >= 15 is 0 Å². The van der Waals surface area contributed by atoms with Crippen molar-refractivity contribution in [3.05, 3.63) is 71.8 Å². The number of primary amides is 1. The predicted molar refractivity (Wildman–Crippen MR) is 101 cm³/mol. The first-order chi connectivity index (χ1) is 13.0. The zero-order chi connectivity index (χ0) is 19.2. The Morgan fingerprint density at radius 1 is 1.07 bits per heavy atom. The fraction of sp³-hybridized carbons (Fsp3) is 0.286. The summed E-state index contributed by atoms with van der Waals surface area (Å²) in [5, 5.41) is 2.70. The maximum Gasteiger partial charge on any atom is 0.244 e. The molecule has 3 rings (SSSR count). The molecule has 3 amide bonds. The number of nitrogens with two attached hydrogens (primary N) is 1. The van der Waals surface area contributed by atoms with Gasteiger partial charge in [0.25, 0.3) is 0 Å². The SMILES string of the molecule is NC(=O)C(NC(=O)C1CC(=O)N(CCc2ccccc2)C1)c1ccccc1. The van der Waals surface area contributed by atoms with E-state index in [-0.39, 0.29) is 18.2 Å². The lowest BCUT2D eigenvalue weighted by molar-refractivity contribution is -0.130. The van der Waals surface area contributed by atoms with Crippen LogP contribution in [-0.2, 0) is 20.8 Å². The van der Waals surface area contributed by atoms with Crippen molar-refractivity contribution in [2.75, 3.05) is 13.1 Å². The van der Waals surface area contributed by atoms with E-state index in [1.165, 1.54) is 0 Å². The Morgan fingerprint density at radius 3 is 2.33 bits per heavy atom. The van der Waals surface area contributed by atoms with Crippen molar-refractivity contribution < 1.29 is 14.4 Å². The molecular weight excluding hydrogens is 342 g/mol. The van der Waals surface area contributed by atoms with Crippen LogP contribution in [0.25, 0.3) is 0 Å². The summed E-state index contributed by atoms with van der Waals surface area (Å²) in [4.78, 5) is 38.3. The highest BCUT2D eigenvalue weighted by Crippen LogP contribution is 2.20. The van der Waals surface area contributed by atoms with Gasteiger partial charge in [-0.1, -0.05) is 60.7 Å². The van der Waals surface area contributed by atoms with Crippen molar-refractivity contribution in [2.45, 2.75) is 18.9 Å². The molecule has 3 N–H and O–H groups in total. The summed E-state index contributed by atoms with van der Waals surface area (Å²) in [7, 11) is 0. The van der Waals surface area contributed by atoms with E-state index in [1.807, 2.05) is 36.4 Å². The van der Waals surface area contributed by atoms with Crippen molar-refractivity contribution in [1.82, 2.24) is 10.2 Å². The molecule has 2 aromatic carbocycles. The molecule has 1 aliphatic heterocycles. The van der Waals surface area contributed by atoms with Gasteiger partial charge in [0.1, 0.15) is 6.04 Å². The second kappa shape index (κ2) is 8.49. The number of nitrogens with zero attached hydrogens (tertiary/aromatic N) is 1. The van der Waals surface area contributed by atoms with Gasteiger partial charge in [0.2, 0.25) is 17.7 Å². The van der Waals surface area contributed by atoms with E-state index in [4.69, 9.17) is 5.73 Å². The number of rotatable bonds is 7. The van der Waals surface area contributed by atoms with Crippen molar-refractivity contribution in [3.8, 4) is 0 Å². The number of likely N-dealkylation sites (tertiary alicyclic amines) is 1. The summed E-state index contributed by atoms with van der Waals surface area (Å²) in [6.45, 7) is 0.933. The Labute approximate surface area is 158 Å². The average molecular weight is 365 g/mol. The molecule has 6 nitrogen and oxygen atoms in total. The van der Waals surface area contributed by atoms with Gasteiger partial charge in [0.05, 0.1) is 5.92 Å². The van der Waals surface area contributed by atoms with Gasteiger partial charge >= 0.3 is 0 Å². The third-order valence-electron chi connectivity index (χ3n) is 4.80. The van der Waals surface area contributed by atoms with Crippen LogP contribution in [0.3, 0.4) is 0 Å². The van der Waals surface area contributed by atoms with Gasteiger partial charge in [-0.05, 0) is 17.5 Å². The largest absolute Gasteiger partial charge is 0.368 e. The molecule has 0 aliphatic carbocycles. The Bertz CT molecular complexity index is 808. The predicted octanol–water partition coefficient (Wildman–Crippen LogP) is 1.42. The summed E-state index contributed by atoms with van der Waals surface area (Å²) < 4.78 is 0. The van der Waals surface area contributed by atoms with Crippen LogP contribution in [-0.4, -0.2) is 35.7 Å². The van der Waals surface area contributed by atoms with Gasteiger partial charge in [-0.15, -0.1) is 0 Å². The van der Waals surface area contributed by atoms with Gasteiger partial charge in [-0.25, -0.2) is 0 Å². The summed E-state index contributed by atoms with van der Waals surface area (Å²) in [6, 6.07) is 17.9. The first-order valence-corrected chi connectivity index (χ1v) is 9.01. The molecular formula is C21H23N3O3. The van der Waals surface area contributed by atoms with E-state index in [0.717, 1.165) is 12.0 Å². The molecule has 1 fully saturated rings. The van der Waals surface area contributed by atoms with Crippen LogP contribution in [0.5, 0.6) is 0 Å². The molecule has 0 aromatic heterocycles. The smallest absolute Gasteiger partial charge is 0.244 e. The van der Waals surface area contributed by atoms with Crippen LogP contribution in [0.15, 0.2) is 60.7 Å². The zero-order valence-electron chi connectivity index (χ0n) is 15.0. The molecule has 2 unspecified atom stereocenters. The van der Waals surface area contributed by atoms with Gasteiger partial charge in [0.15, 0.2) is 0 Å². The molecule has 0 spiro atoms. The monoisotopic (exact) mass is 365 g/mol. The maximum atomic E-state index is 12.6. The van der Waals surface area contributed by atoms with Crippen molar-refractivity contribution >= 4 is 17.7 Å². The highest BCUT2D eigenvalue weighted by molar-refractivity contribution is 5.92. The lowest BCUT2D eigenvalue weighted by Crippen LogP contribution is -2.41. The standard InChI is InChI=1S/C21H23N3O3/c22-20(26)19(16-9-5-2-6-10-16)23-21(27)17-13-18(25)24(14-17)12-11-15-7-3-1-4-8-15/h1-10,17,19H,11-14H2,(H2,22,26)(H,23,27). The molecule has 2 aromatic rings. The quantitative estimate of drug-likeness (QED) is 0.777. The molecule has 0 bridgehead atoms. The molecule has 1 saturated heterocycles. The third-order valence-corrected chi connectivity index (χ3v) is 4.80. The molecule has 2 atom stereocenters. The first-order valence-electron chi connectivity index (χ1n) is 9.01. The first kappa shape index (κ1) is 18.6. The van der Waals surface area contributed by atoms with Gasteiger partial charge in [0, 0.05) is 19.5 Å². The number of carbonyl (C=O) groups is 3. The second-order valence-electron chi connectivity index (χ2n) is 6.73. The van der Waals surface area contributed by atoms with E-state index < -0.39 is 17.9 Å². The van der Waals surface area contributed by atoms with Crippen LogP contribution in [0.2, 0.25) is 0 Å². The number of benzene rings is 2. The van der Waals surface area contributed by atoms with Gasteiger partial charge < -0.3 is 16.0 Å². The molecule has 0 saturated carbocycles. The number of amides is 3. The van der Waals surface area contributed by atoms with Crippen LogP contribution in [0.4, 0.5) is 0 Å². The molecule has 1 aliphatic rings. The van der Waals surface area contributed by atoms with Crippen molar-refractivity contribution in [3.63, 3.8) is 0 Å². The fourth-order valence-corrected chi connectivity index (χ4v) is 3.30. The summed E-state index contributed by atoms with van der Waals surface area (Å²) >= 11 is 0. The molecule has 140 valence electrons. The summed E-state index contributed by atoms with van der Waals surface area (Å²) in [6.07, 6.45) is 0.899. The number of nitrogens with one attached hydrogen (secondary N) is 1. The minimum absolute atomic E-state index is 0.0404. The topological polar surface area (TPSA) is 92.5 Å². The lowest BCUT2D eigenvalue weighted by atomic mass is 10.0. The molecule has 1 heterocycles. The van der Waals surface area contributed by atoms with Crippen molar-refractivity contribution in [2.24, 2.45) is 11.7 Å². The Balaban J connectivity index is 1.59. The van der Waals surface area contributed by atoms with Crippen LogP contribution in [0.1, 0.15) is 23.6 Å². The lowest BCUT2D eigenvalue weighted by Gasteiger charge is -2.19. The Morgan fingerprint density at radius 2 is 1.70 bits per heavy atom. The summed E-state index contributed by atoms with van der Waals surface area (Å²) in [5.74, 6) is -1.46. The second-order valence-corrected chi connectivity index (χ2v) is 6.73. The molecule has 6 heteroatoms. The van der Waals surface area contributed by atoms with Gasteiger partial charge in [-0.2, -0.15) is 0 Å². The highest BCUT2D eigenvalue weighted by Gasteiger charge is 2.35. The molecule has 0 radical (unpaired) electrons. The minimum atomic E-state index is -0.896. The fourth-order valence-electron chi connectivity index (χ4n) is 3.30. The molecule has 27 heavy (non-hydrogen) atoms. The van der Waals surface area contributed by atoms with E-state index in [2.05, 4.69) is 5.32 Å². The van der Waals surface area contributed by atoms with E-state index in [9.17, 15) is 14.4 Å². The number of hydrogen-bond acceptors (Lipinski definition) is 3. The summed E-state index contributed by atoms with van der Waals surface area (Å²) in [5.41, 5.74) is 7.23. The van der Waals surface area contributed by atoms with Crippen LogP contribution < -0.4 is 11.1 Å². The van der Waals surface area contributed by atoms with Gasteiger partial charge in [-0.3, -0.25) is 14.4 Å². The maximum absolute atomic E-state index is 12.6. The van der Waals surface area contributed by atoms with E-state index in [0.29, 0.717) is 18.7 Å². The van der Waals surface area contributed by atoms with E-state index in [1.54, 1.807) is 29.2 Å². The zero-order valence-corrected chi connectivity index (χ0v) is 15.0. The Hall–Kier alpha value is -3.15. The number of hydrogen-bond donors (Lipinski definition) is 2. The normalized spacial score (nSPS) is 17.6.